The van der Waals surface area contributed by atoms with Crippen molar-refractivity contribution in [1.82, 2.24) is 5.32 Å². The molecule has 0 atom stereocenters. The first kappa shape index (κ1) is 20.9. The van der Waals surface area contributed by atoms with E-state index in [0.717, 1.165) is 42.4 Å². The zero-order valence-corrected chi connectivity index (χ0v) is 17.7. The fourth-order valence-electron chi connectivity index (χ4n) is 3.93. The lowest BCUT2D eigenvalue weighted by atomic mass is 10.1. The maximum atomic E-state index is 12.9. The van der Waals surface area contributed by atoms with Crippen LogP contribution in [0.2, 0.25) is 0 Å². The zero-order chi connectivity index (χ0) is 21.6. The van der Waals surface area contributed by atoms with Gasteiger partial charge < -0.3 is 20.3 Å². The van der Waals surface area contributed by atoms with Crippen LogP contribution >= 0.6 is 0 Å². The van der Waals surface area contributed by atoms with Crippen molar-refractivity contribution >= 4 is 34.0 Å². The summed E-state index contributed by atoms with van der Waals surface area (Å²) in [4.78, 5) is 27.9. The maximum Gasteiger partial charge on any atom is 0.255 e. The average Bonchev–Trinajstić information content (AvgIpc) is 3.33. The summed E-state index contributed by atoms with van der Waals surface area (Å²) in [6.45, 7) is 2.74. The van der Waals surface area contributed by atoms with E-state index >= 15 is 0 Å². The van der Waals surface area contributed by atoms with Crippen molar-refractivity contribution in [3.05, 3.63) is 71.8 Å². The predicted octanol–water partition coefficient (Wildman–Crippen LogP) is 4.07. The van der Waals surface area contributed by atoms with Gasteiger partial charge in [0.15, 0.2) is 0 Å². The highest BCUT2D eigenvalue weighted by Gasteiger charge is 2.20. The molecule has 2 amide bonds. The topological polar surface area (TPSA) is 70.7 Å². The highest BCUT2D eigenvalue weighted by Crippen LogP contribution is 2.28. The predicted molar refractivity (Wildman–Crippen MR) is 124 cm³/mol. The second-order valence-corrected chi connectivity index (χ2v) is 7.69. The second kappa shape index (κ2) is 9.62. The number of carbonyl (C=O) groups is 2. The normalized spacial score (nSPS) is 13.4. The number of ether oxygens (including phenoxy) is 1. The van der Waals surface area contributed by atoms with E-state index in [1.807, 2.05) is 54.6 Å². The van der Waals surface area contributed by atoms with Gasteiger partial charge in [0.2, 0.25) is 0 Å². The molecule has 1 heterocycles. The van der Waals surface area contributed by atoms with E-state index in [-0.39, 0.29) is 11.8 Å². The van der Waals surface area contributed by atoms with Crippen LogP contribution in [0.4, 0.5) is 11.4 Å². The third kappa shape index (κ3) is 4.86. The summed E-state index contributed by atoms with van der Waals surface area (Å²) in [5, 5.41) is 7.93. The molecule has 0 saturated carbocycles. The lowest BCUT2D eigenvalue weighted by Gasteiger charge is -2.22. The van der Waals surface area contributed by atoms with Crippen LogP contribution in [0.1, 0.15) is 33.6 Å². The number of anilines is 2. The average molecular weight is 418 g/mol. The molecule has 3 aromatic carbocycles. The quantitative estimate of drug-likeness (QED) is 0.569. The number of hydrogen-bond acceptors (Lipinski definition) is 4. The van der Waals surface area contributed by atoms with Crippen LogP contribution in [0.25, 0.3) is 10.8 Å². The second-order valence-electron chi connectivity index (χ2n) is 7.69. The van der Waals surface area contributed by atoms with Crippen LogP contribution in [0.5, 0.6) is 0 Å². The maximum absolute atomic E-state index is 12.9. The third-order valence-electron chi connectivity index (χ3n) is 5.55. The Morgan fingerprint density at radius 3 is 2.48 bits per heavy atom. The molecule has 1 fully saturated rings. The minimum Gasteiger partial charge on any atom is -0.383 e. The summed E-state index contributed by atoms with van der Waals surface area (Å²) in [5.74, 6) is -0.369. The van der Waals surface area contributed by atoms with E-state index in [9.17, 15) is 9.59 Å². The minimum atomic E-state index is -0.203. The van der Waals surface area contributed by atoms with Gasteiger partial charge in [-0.05, 0) is 53.9 Å². The molecule has 160 valence electrons. The number of fused-ring (bicyclic) bond motifs is 1. The van der Waals surface area contributed by atoms with Crippen molar-refractivity contribution in [3.63, 3.8) is 0 Å². The molecule has 0 aromatic heterocycles. The van der Waals surface area contributed by atoms with Gasteiger partial charge in [0.25, 0.3) is 11.8 Å². The first-order valence-electron chi connectivity index (χ1n) is 10.6. The molecule has 2 N–H and O–H groups in total. The molecule has 0 aliphatic carbocycles. The summed E-state index contributed by atoms with van der Waals surface area (Å²) in [6, 6.07) is 19.1. The van der Waals surface area contributed by atoms with Gasteiger partial charge in [0, 0.05) is 43.7 Å². The number of benzene rings is 3. The number of hydrogen-bond donors (Lipinski definition) is 2. The molecule has 4 rings (SSSR count). The molecule has 0 bridgehead atoms. The molecule has 1 saturated heterocycles. The van der Waals surface area contributed by atoms with Gasteiger partial charge in [-0.25, -0.2) is 0 Å². The van der Waals surface area contributed by atoms with E-state index in [1.165, 1.54) is 0 Å². The first-order valence-corrected chi connectivity index (χ1v) is 10.6. The lowest BCUT2D eigenvalue weighted by Crippen LogP contribution is -2.30. The van der Waals surface area contributed by atoms with Crippen LogP contribution in [0.15, 0.2) is 60.7 Å². The fourth-order valence-corrected chi connectivity index (χ4v) is 3.93. The minimum absolute atomic E-state index is 0.166. The van der Waals surface area contributed by atoms with Crippen LogP contribution in [0.3, 0.4) is 0 Å². The van der Waals surface area contributed by atoms with Gasteiger partial charge in [0.1, 0.15) is 0 Å². The zero-order valence-electron chi connectivity index (χ0n) is 17.7. The van der Waals surface area contributed by atoms with Crippen LogP contribution in [-0.4, -0.2) is 45.2 Å². The first-order chi connectivity index (χ1) is 15.2. The van der Waals surface area contributed by atoms with Crippen LogP contribution < -0.4 is 15.5 Å². The number of nitrogens with zero attached hydrogens (tertiary/aromatic N) is 1. The summed E-state index contributed by atoms with van der Waals surface area (Å²) in [6.07, 6.45) is 2.23. The summed E-state index contributed by atoms with van der Waals surface area (Å²) in [5.41, 5.74) is 2.64. The molecule has 1 aliphatic rings. The van der Waals surface area contributed by atoms with Crippen molar-refractivity contribution < 1.29 is 14.3 Å². The highest BCUT2D eigenvalue weighted by atomic mass is 16.5. The summed E-state index contributed by atoms with van der Waals surface area (Å²) in [7, 11) is 1.60. The van der Waals surface area contributed by atoms with Crippen molar-refractivity contribution in [2.24, 2.45) is 0 Å². The Morgan fingerprint density at radius 1 is 0.935 bits per heavy atom. The van der Waals surface area contributed by atoms with Crippen molar-refractivity contribution in [2.45, 2.75) is 12.8 Å². The molecule has 0 radical (unpaired) electrons. The van der Waals surface area contributed by atoms with E-state index in [2.05, 4.69) is 15.5 Å². The van der Waals surface area contributed by atoms with Crippen molar-refractivity contribution in [2.75, 3.05) is 43.6 Å². The number of rotatable bonds is 7. The lowest BCUT2D eigenvalue weighted by molar-refractivity contribution is 0.0936. The largest absolute Gasteiger partial charge is 0.383 e. The number of amides is 2. The highest BCUT2D eigenvalue weighted by molar-refractivity contribution is 6.08. The SMILES string of the molecule is COCCNC(=O)c1cc(NC(=O)c2ccc3ccccc3c2)ccc1N1CCCC1. The number of methoxy groups -OCH3 is 1. The molecule has 1 aliphatic heterocycles. The van der Waals surface area contributed by atoms with Crippen molar-refractivity contribution in [3.8, 4) is 0 Å². The van der Waals surface area contributed by atoms with Gasteiger partial charge >= 0.3 is 0 Å². The van der Waals surface area contributed by atoms with Gasteiger partial charge in [-0.15, -0.1) is 0 Å². The van der Waals surface area contributed by atoms with Gasteiger partial charge in [0.05, 0.1) is 12.2 Å². The molecule has 3 aromatic rings. The number of nitrogens with one attached hydrogen (secondary N) is 2. The molecular weight excluding hydrogens is 390 g/mol. The molecular formula is C25H27N3O3. The van der Waals surface area contributed by atoms with E-state index in [4.69, 9.17) is 4.74 Å². The van der Waals surface area contributed by atoms with Crippen LogP contribution in [0, 0.1) is 0 Å². The third-order valence-corrected chi connectivity index (χ3v) is 5.55. The Bertz CT molecular complexity index is 1090. The molecule has 31 heavy (non-hydrogen) atoms. The van der Waals surface area contributed by atoms with Crippen molar-refractivity contribution in [1.29, 1.82) is 0 Å². The summed E-state index contributed by atoms with van der Waals surface area (Å²) < 4.78 is 5.03. The van der Waals surface area contributed by atoms with Gasteiger partial charge in [-0.1, -0.05) is 30.3 Å². The van der Waals surface area contributed by atoms with Gasteiger partial charge in [-0.3, -0.25) is 9.59 Å². The van der Waals surface area contributed by atoms with E-state index < -0.39 is 0 Å². The standard InChI is InChI=1S/C25H27N3O3/c1-31-15-12-26-25(30)22-17-21(10-11-23(22)28-13-4-5-14-28)27-24(29)20-9-8-18-6-2-3-7-19(18)16-20/h2-3,6-11,16-17H,4-5,12-15H2,1H3,(H,26,30)(H,27,29). The molecule has 0 unspecified atom stereocenters. The Balaban J connectivity index is 1.57. The fraction of sp³-hybridized carbons (Fsp3) is 0.280. The van der Waals surface area contributed by atoms with Gasteiger partial charge in [-0.2, -0.15) is 0 Å². The Labute approximate surface area is 182 Å². The molecule has 0 spiro atoms. The Kier molecular flexibility index (Phi) is 6.48. The summed E-state index contributed by atoms with van der Waals surface area (Å²) >= 11 is 0. The Hall–Kier alpha value is -3.38. The Morgan fingerprint density at radius 2 is 1.71 bits per heavy atom. The smallest absolute Gasteiger partial charge is 0.255 e. The van der Waals surface area contributed by atoms with E-state index in [0.29, 0.717) is 30.0 Å². The van der Waals surface area contributed by atoms with Crippen LogP contribution in [-0.2, 0) is 4.74 Å². The molecule has 6 heteroatoms. The van der Waals surface area contributed by atoms with E-state index in [1.54, 1.807) is 13.2 Å². The monoisotopic (exact) mass is 417 g/mol. The molecule has 6 nitrogen and oxygen atoms in total. The number of carbonyl (C=O) groups excluding carboxylic acids is 2.